The van der Waals surface area contributed by atoms with Gasteiger partial charge >= 0.3 is 0 Å². The third-order valence-corrected chi connectivity index (χ3v) is 10.0. The zero-order chi connectivity index (χ0) is 22.4. The summed E-state index contributed by atoms with van der Waals surface area (Å²) in [4.78, 5) is 2.56. The maximum atomic E-state index is 13.4. The van der Waals surface area contributed by atoms with Crippen molar-refractivity contribution in [3.05, 3.63) is 54.1 Å². The van der Waals surface area contributed by atoms with Crippen LogP contribution in [0.2, 0.25) is 0 Å². The second-order valence-electron chi connectivity index (χ2n) is 9.01. The van der Waals surface area contributed by atoms with Gasteiger partial charge in [0, 0.05) is 18.1 Å². The number of halogens is 1. The molecule has 176 valence electrons. The molecule has 6 nitrogen and oxygen atoms in total. The molecule has 0 spiro atoms. The Kier molecular flexibility index (Phi) is 7.42. The minimum absolute atomic E-state index is 0. The summed E-state index contributed by atoms with van der Waals surface area (Å²) in [5.41, 5.74) is 0.621. The minimum atomic E-state index is -3.87. The fraction of sp³-hybridized carbons (Fsp3) is 0.478. The number of fused-ring (bicyclic) bond motifs is 2. The molecule has 2 aromatic carbocycles. The first kappa shape index (κ1) is 25.2. The molecule has 0 aliphatic carbocycles. The van der Waals surface area contributed by atoms with Gasteiger partial charge in [0.15, 0.2) is 0 Å². The van der Waals surface area contributed by atoms with E-state index in [1.165, 1.54) is 24.3 Å². The zero-order valence-corrected chi connectivity index (χ0v) is 21.0. The Balaban J connectivity index is 0.00000289. The van der Waals surface area contributed by atoms with Gasteiger partial charge < -0.3 is 4.90 Å². The van der Waals surface area contributed by atoms with E-state index in [0.29, 0.717) is 17.6 Å². The topological polar surface area (TPSA) is 83.5 Å². The molecule has 2 bridgehead atoms. The van der Waals surface area contributed by atoms with Gasteiger partial charge in [-0.1, -0.05) is 38.1 Å². The third kappa shape index (κ3) is 4.75. The lowest BCUT2D eigenvalue weighted by atomic mass is 9.99. The molecule has 2 fully saturated rings. The van der Waals surface area contributed by atoms with Crippen LogP contribution in [-0.4, -0.2) is 46.9 Å². The summed E-state index contributed by atoms with van der Waals surface area (Å²) >= 11 is 0. The summed E-state index contributed by atoms with van der Waals surface area (Å²) in [5.74, 6) is -0.0614. The van der Waals surface area contributed by atoms with Gasteiger partial charge in [-0.25, -0.2) is 21.6 Å². The van der Waals surface area contributed by atoms with Gasteiger partial charge in [0.25, 0.3) is 0 Å². The Morgan fingerprint density at radius 1 is 0.906 bits per heavy atom. The smallest absolute Gasteiger partial charge is 0.241 e. The van der Waals surface area contributed by atoms with Crippen LogP contribution in [0.4, 0.5) is 0 Å². The number of hydrogen-bond acceptors (Lipinski definition) is 5. The van der Waals surface area contributed by atoms with Crippen molar-refractivity contribution in [1.29, 1.82) is 0 Å². The van der Waals surface area contributed by atoms with E-state index in [1.54, 1.807) is 24.3 Å². The quantitative estimate of drug-likeness (QED) is 0.651. The van der Waals surface area contributed by atoms with Crippen molar-refractivity contribution >= 4 is 32.3 Å². The molecule has 0 saturated carbocycles. The molecule has 4 rings (SSSR count). The van der Waals surface area contributed by atoms with Crippen molar-refractivity contribution in [2.45, 2.75) is 78.3 Å². The molecule has 32 heavy (non-hydrogen) atoms. The van der Waals surface area contributed by atoms with Crippen molar-refractivity contribution in [3.63, 3.8) is 0 Å². The van der Waals surface area contributed by atoms with Crippen LogP contribution in [0.3, 0.4) is 0 Å². The average Bonchev–Trinajstić information content (AvgIpc) is 2.94. The SMILES string of the molecule is CC(C)c1ccc(S(=O)(=O)c2ccccc2)cc1S(=O)(=O)NC1CC2CCC(C1)N2C.Cl. The van der Waals surface area contributed by atoms with Crippen LogP contribution >= 0.6 is 12.4 Å². The summed E-state index contributed by atoms with van der Waals surface area (Å²) in [6.45, 7) is 3.82. The third-order valence-electron chi connectivity index (χ3n) is 6.68. The van der Waals surface area contributed by atoms with Gasteiger partial charge in [-0.3, -0.25) is 0 Å². The van der Waals surface area contributed by atoms with Crippen molar-refractivity contribution in [2.75, 3.05) is 7.05 Å². The Hall–Kier alpha value is -1.45. The summed E-state index contributed by atoms with van der Waals surface area (Å²) in [5, 5.41) is 0. The van der Waals surface area contributed by atoms with E-state index in [4.69, 9.17) is 0 Å². The van der Waals surface area contributed by atoms with Crippen LogP contribution in [0.1, 0.15) is 51.0 Å². The lowest BCUT2D eigenvalue weighted by molar-refractivity contribution is 0.157. The van der Waals surface area contributed by atoms with Crippen LogP contribution in [0.25, 0.3) is 0 Å². The molecule has 2 atom stereocenters. The number of piperidine rings is 1. The van der Waals surface area contributed by atoms with E-state index in [1.807, 2.05) is 13.8 Å². The van der Waals surface area contributed by atoms with Crippen LogP contribution in [0.15, 0.2) is 63.2 Å². The monoisotopic (exact) mass is 498 g/mol. The summed E-state index contributed by atoms with van der Waals surface area (Å²) in [6.07, 6.45) is 3.76. The molecule has 2 heterocycles. The maximum Gasteiger partial charge on any atom is 0.241 e. The highest BCUT2D eigenvalue weighted by Gasteiger charge is 2.40. The van der Waals surface area contributed by atoms with Gasteiger partial charge in [0.2, 0.25) is 19.9 Å². The fourth-order valence-electron chi connectivity index (χ4n) is 4.92. The van der Waals surface area contributed by atoms with Crippen molar-refractivity contribution in [3.8, 4) is 0 Å². The van der Waals surface area contributed by atoms with Crippen molar-refractivity contribution in [1.82, 2.24) is 9.62 Å². The lowest BCUT2D eigenvalue weighted by Gasteiger charge is -2.36. The van der Waals surface area contributed by atoms with Crippen molar-refractivity contribution < 1.29 is 16.8 Å². The Labute approximate surface area is 197 Å². The van der Waals surface area contributed by atoms with E-state index in [2.05, 4.69) is 16.7 Å². The van der Waals surface area contributed by atoms with Gasteiger partial charge in [0.1, 0.15) is 0 Å². The first-order valence-electron chi connectivity index (χ1n) is 10.8. The molecular formula is C23H31ClN2O4S2. The standard InChI is InChI=1S/C23H30N2O4S2.ClH/c1-16(2)22-12-11-21(30(26,27)20-7-5-4-6-8-20)15-23(22)31(28,29)24-17-13-18-9-10-19(14-17)25(18)3;/h4-8,11-12,15-19,24H,9-10,13-14H2,1-3H3;1H. The fourth-order valence-corrected chi connectivity index (χ4v) is 7.95. The Morgan fingerprint density at radius 3 is 2.06 bits per heavy atom. The van der Waals surface area contributed by atoms with Gasteiger partial charge in [-0.05, 0) is 68.5 Å². The number of rotatable bonds is 6. The molecule has 0 radical (unpaired) electrons. The summed E-state index contributed by atoms with van der Waals surface area (Å²) < 4.78 is 56.0. The molecule has 9 heteroatoms. The van der Waals surface area contributed by atoms with E-state index < -0.39 is 19.9 Å². The predicted octanol–water partition coefficient (Wildman–Crippen LogP) is 3.97. The number of benzene rings is 2. The highest BCUT2D eigenvalue weighted by molar-refractivity contribution is 7.91. The second kappa shape index (κ2) is 9.43. The Bertz CT molecular complexity index is 1150. The summed E-state index contributed by atoms with van der Waals surface area (Å²) in [7, 11) is -5.57. The minimum Gasteiger partial charge on any atom is -0.300 e. The van der Waals surface area contributed by atoms with E-state index in [-0.39, 0.29) is 39.1 Å². The molecular weight excluding hydrogens is 468 g/mol. The second-order valence-corrected chi connectivity index (χ2v) is 12.6. The molecule has 1 N–H and O–H groups in total. The van der Waals surface area contributed by atoms with Gasteiger partial charge in [-0.15, -0.1) is 12.4 Å². The number of hydrogen-bond donors (Lipinski definition) is 1. The van der Waals surface area contributed by atoms with E-state index >= 15 is 0 Å². The van der Waals surface area contributed by atoms with Crippen LogP contribution in [0, 0.1) is 0 Å². The largest absolute Gasteiger partial charge is 0.300 e. The lowest BCUT2D eigenvalue weighted by Crippen LogP contribution is -2.48. The maximum absolute atomic E-state index is 13.4. The van der Waals surface area contributed by atoms with Gasteiger partial charge in [-0.2, -0.15) is 0 Å². The van der Waals surface area contributed by atoms with E-state index in [9.17, 15) is 16.8 Å². The van der Waals surface area contributed by atoms with Crippen LogP contribution in [0.5, 0.6) is 0 Å². The van der Waals surface area contributed by atoms with Crippen LogP contribution < -0.4 is 4.72 Å². The highest BCUT2D eigenvalue weighted by atomic mass is 35.5. The summed E-state index contributed by atoms with van der Waals surface area (Å²) in [6, 6.07) is 13.2. The highest BCUT2D eigenvalue weighted by Crippen LogP contribution is 2.35. The van der Waals surface area contributed by atoms with E-state index in [0.717, 1.165) is 25.7 Å². The normalized spacial score (nSPS) is 23.8. The number of nitrogens with zero attached hydrogens (tertiary/aromatic N) is 1. The van der Waals surface area contributed by atoms with Crippen molar-refractivity contribution in [2.24, 2.45) is 0 Å². The first-order valence-corrected chi connectivity index (χ1v) is 13.7. The first-order chi connectivity index (χ1) is 14.6. The Morgan fingerprint density at radius 2 is 1.50 bits per heavy atom. The number of nitrogens with one attached hydrogen (secondary N) is 1. The molecule has 2 aliphatic rings. The molecule has 2 unspecified atom stereocenters. The molecule has 2 aliphatic heterocycles. The average molecular weight is 499 g/mol. The molecule has 2 aromatic rings. The number of sulfonamides is 1. The number of sulfone groups is 1. The van der Waals surface area contributed by atoms with Gasteiger partial charge in [0.05, 0.1) is 14.7 Å². The zero-order valence-electron chi connectivity index (χ0n) is 18.6. The molecule has 0 aromatic heterocycles. The molecule has 2 saturated heterocycles. The van der Waals surface area contributed by atoms with Crippen LogP contribution in [-0.2, 0) is 19.9 Å². The molecule has 0 amide bonds. The predicted molar refractivity (Wildman–Crippen MR) is 128 cm³/mol.